The molecule has 0 saturated carbocycles. The van der Waals surface area contributed by atoms with E-state index < -0.39 is 20.0 Å². The van der Waals surface area contributed by atoms with Crippen molar-refractivity contribution in [3.05, 3.63) is 40.4 Å². The Hall–Kier alpha value is -1.17. The fourth-order valence-corrected chi connectivity index (χ4v) is 4.83. The van der Waals surface area contributed by atoms with E-state index in [0.717, 1.165) is 18.0 Å². The monoisotopic (exact) mass is 456 g/mol. The highest BCUT2D eigenvalue weighted by atomic mass is 35.5. The molecule has 7 nitrogen and oxygen atoms in total. The second kappa shape index (κ2) is 7.83. The lowest BCUT2D eigenvalue weighted by Crippen LogP contribution is -2.15. The highest BCUT2D eigenvalue weighted by Crippen LogP contribution is 2.42. The molecule has 0 aliphatic rings. The minimum absolute atomic E-state index is 0.0924. The van der Waals surface area contributed by atoms with Crippen LogP contribution in [0, 0.1) is 0 Å². The number of nitrogens with two attached hydrogens (primary N) is 1. The third kappa shape index (κ3) is 5.41. The van der Waals surface area contributed by atoms with E-state index in [1.807, 2.05) is 0 Å². The Bertz CT molecular complexity index is 1060. The van der Waals surface area contributed by atoms with Gasteiger partial charge in [0.05, 0.1) is 24.1 Å². The molecule has 0 atom stereocenters. The molecule has 0 saturated heterocycles. The molecule has 142 valence electrons. The molecular weight excluding hydrogens is 443 g/mol. The predicted molar refractivity (Wildman–Crippen MR) is 103 cm³/mol. The van der Waals surface area contributed by atoms with Crippen molar-refractivity contribution in [2.75, 3.05) is 18.1 Å². The average molecular weight is 457 g/mol. The van der Waals surface area contributed by atoms with Crippen molar-refractivity contribution >= 4 is 60.7 Å². The summed E-state index contributed by atoms with van der Waals surface area (Å²) in [7, 11) is -6.50. The Morgan fingerprint density at radius 2 is 1.73 bits per heavy atom. The van der Waals surface area contributed by atoms with Crippen LogP contribution in [0.15, 0.2) is 45.0 Å². The van der Waals surface area contributed by atoms with Crippen molar-refractivity contribution in [3.63, 3.8) is 0 Å². The van der Waals surface area contributed by atoms with Crippen LogP contribution in [0.2, 0.25) is 10.0 Å². The maximum Gasteiger partial charge on any atom is 0.241 e. The van der Waals surface area contributed by atoms with Crippen LogP contribution in [0.25, 0.3) is 0 Å². The molecular formula is C14H14Cl2N2O5S3. The van der Waals surface area contributed by atoms with Gasteiger partial charge in [-0.15, -0.1) is 0 Å². The van der Waals surface area contributed by atoms with Gasteiger partial charge in [-0.2, -0.15) is 0 Å². The summed E-state index contributed by atoms with van der Waals surface area (Å²) in [6.07, 6.45) is 0.969. The summed E-state index contributed by atoms with van der Waals surface area (Å²) in [5, 5.41) is 5.97. The van der Waals surface area contributed by atoms with Crippen LogP contribution >= 0.6 is 35.0 Å². The maximum absolute atomic E-state index is 11.8. The number of ether oxygens (including phenoxy) is 1. The molecule has 0 unspecified atom stereocenters. The average Bonchev–Trinajstić information content (AvgIpc) is 2.48. The first-order valence-electron chi connectivity index (χ1n) is 6.76. The van der Waals surface area contributed by atoms with Gasteiger partial charge >= 0.3 is 0 Å². The van der Waals surface area contributed by atoms with Gasteiger partial charge in [0.25, 0.3) is 0 Å². The molecule has 3 N–H and O–H groups in total. The first-order valence-corrected chi connectivity index (χ1v) is 11.8. The van der Waals surface area contributed by atoms with E-state index in [9.17, 15) is 16.8 Å². The fourth-order valence-electron chi connectivity index (χ4n) is 1.96. The zero-order valence-corrected chi connectivity index (χ0v) is 17.4. The van der Waals surface area contributed by atoms with Gasteiger partial charge in [0.15, 0.2) is 0 Å². The summed E-state index contributed by atoms with van der Waals surface area (Å²) in [5.74, 6) is -0.0924. The maximum atomic E-state index is 11.8. The molecule has 0 fully saturated rings. The van der Waals surface area contributed by atoms with Gasteiger partial charge in [0.2, 0.25) is 20.0 Å². The predicted octanol–water partition coefficient (Wildman–Crippen LogP) is 3.17. The van der Waals surface area contributed by atoms with Crippen molar-refractivity contribution in [1.82, 2.24) is 0 Å². The number of nitrogens with one attached hydrogen (secondary N) is 1. The molecule has 0 spiro atoms. The summed E-state index contributed by atoms with van der Waals surface area (Å²) in [4.78, 5) is 0.522. The van der Waals surface area contributed by atoms with Crippen molar-refractivity contribution in [2.45, 2.75) is 14.7 Å². The minimum Gasteiger partial charge on any atom is -0.495 e. The van der Waals surface area contributed by atoms with Crippen LogP contribution in [0.4, 0.5) is 5.69 Å². The largest absolute Gasteiger partial charge is 0.495 e. The molecule has 12 heteroatoms. The van der Waals surface area contributed by atoms with Gasteiger partial charge in [-0.1, -0.05) is 35.0 Å². The summed E-state index contributed by atoms with van der Waals surface area (Å²) in [5.41, 5.74) is 0.118. The third-order valence-corrected chi connectivity index (χ3v) is 6.30. The fraction of sp³-hybridized carbons (Fsp3) is 0.143. The van der Waals surface area contributed by atoms with Gasteiger partial charge in [-0.25, -0.2) is 22.0 Å². The van der Waals surface area contributed by atoms with E-state index >= 15 is 0 Å². The van der Waals surface area contributed by atoms with Crippen LogP contribution in [-0.2, 0) is 20.0 Å². The summed E-state index contributed by atoms with van der Waals surface area (Å²) in [6.45, 7) is 0. The van der Waals surface area contributed by atoms with E-state index in [4.69, 9.17) is 33.1 Å². The number of methoxy groups -OCH3 is 1. The number of anilines is 1. The minimum atomic E-state index is -4.11. The quantitative estimate of drug-likeness (QED) is 0.689. The van der Waals surface area contributed by atoms with Gasteiger partial charge in [0.1, 0.15) is 10.6 Å². The zero-order valence-electron chi connectivity index (χ0n) is 13.5. The lowest BCUT2D eigenvalue weighted by Gasteiger charge is -2.15. The molecule has 26 heavy (non-hydrogen) atoms. The van der Waals surface area contributed by atoms with Crippen LogP contribution in [0.1, 0.15) is 0 Å². The SMILES string of the molecule is COc1cc(NS(C)(=O)=O)c(Sc2ccc(Cl)cc2Cl)cc1S(N)(=O)=O. The summed E-state index contributed by atoms with van der Waals surface area (Å²) < 4.78 is 54.3. The number of hydrogen-bond donors (Lipinski definition) is 2. The molecule has 0 aliphatic carbocycles. The van der Waals surface area contributed by atoms with E-state index in [1.54, 1.807) is 12.1 Å². The highest BCUT2D eigenvalue weighted by molar-refractivity contribution is 7.99. The number of halogens is 2. The zero-order chi connectivity index (χ0) is 19.7. The van der Waals surface area contributed by atoms with Crippen LogP contribution in [0.5, 0.6) is 5.75 Å². The highest BCUT2D eigenvalue weighted by Gasteiger charge is 2.21. The molecule has 0 amide bonds. The number of benzene rings is 2. The molecule has 2 aromatic carbocycles. The molecule has 0 aliphatic heterocycles. The van der Waals surface area contributed by atoms with Crippen molar-refractivity contribution < 1.29 is 21.6 Å². The Morgan fingerprint density at radius 3 is 2.23 bits per heavy atom. The lowest BCUT2D eigenvalue weighted by molar-refractivity contribution is 0.402. The second-order valence-electron chi connectivity index (χ2n) is 5.10. The number of primary sulfonamides is 1. The topological polar surface area (TPSA) is 116 Å². The Balaban J connectivity index is 2.67. The van der Waals surface area contributed by atoms with Gasteiger partial charge in [-0.05, 0) is 24.3 Å². The van der Waals surface area contributed by atoms with Gasteiger partial charge in [0, 0.05) is 20.9 Å². The molecule has 0 aromatic heterocycles. The third-order valence-electron chi connectivity index (χ3n) is 2.98. The van der Waals surface area contributed by atoms with E-state index in [1.165, 1.54) is 25.3 Å². The van der Waals surface area contributed by atoms with Crippen LogP contribution in [-0.4, -0.2) is 30.2 Å². The van der Waals surface area contributed by atoms with Crippen molar-refractivity contribution in [1.29, 1.82) is 0 Å². The van der Waals surface area contributed by atoms with Crippen LogP contribution < -0.4 is 14.6 Å². The first kappa shape index (κ1) is 21.1. The van der Waals surface area contributed by atoms with Crippen LogP contribution in [0.3, 0.4) is 0 Å². The molecule has 2 aromatic rings. The van der Waals surface area contributed by atoms with E-state index in [0.29, 0.717) is 14.9 Å². The summed E-state index contributed by atoms with van der Waals surface area (Å²) >= 11 is 13.1. The smallest absolute Gasteiger partial charge is 0.241 e. The van der Waals surface area contributed by atoms with E-state index in [2.05, 4.69) is 4.72 Å². The molecule has 0 bridgehead atoms. The Morgan fingerprint density at radius 1 is 1.08 bits per heavy atom. The Labute approximate surface area is 165 Å². The van der Waals surface area contributed by atoms with Crippen molar-refractivity contribution in [2.24, 2.45) is 5.14 Å². The molecule has 0 radical (unpaired) electrons. The number of rotatable bonds is 6. The molecule has 0 heterocycles. The summed E-state index contributed by atoms with van der Waals surface area (Å²) in [6, 6.07) is 7.20. The molecule has 2 rings (SSSR count). The van der Waals surface area contributed by atoms with Gasteiger partial charge < -0.3 is 4.74 Å². The Kier molecular flexibility index (Phi) is 6.36. The number of hydrogen-bond acceptors (Lipinski definition) is 6. The second-order valence-corrected chi connectivity index (χ2v) is 10.3. The standard InChI is InChI=1S/C14H14Cl2N2O5S3/c1-23-11-6-10(18-25(2,19)20)13(7-14(11)26(17,21)22)24-12-4-3-8(15)5-9(12)16/h3-7,18H,1-2H3,(H2,17,21,22). The van der Waals surface area contributed by atoms with Gasteiger partial charge in [-0.3, -0.25) is 4.72 Å². The first-order chi connectivity index (χ1) is 11.9. The number of sulfonamides is 2. The van der Waals surface area contributed by atoms with E-state index in [-0.39, 0.29) is 21.2 Å². The normalized spacial score (nSPS) is 12.0. The van der Waals surface area contributed by atoms with Crippen molar-refractivity contribution in [3.8, 4) is 5.75 Å². The lowest BCUT2D eigenvalue weighted by atomic mass is 10.3.